The van der Waals surface area contributed by atoms with Crippen LogP contribution in [-0.2, 0) is 6.54 Å². The summed E-state index contributed by atoms with van der Waals surface area (Å²) in [5.74, 6) is 1.70. The molecule has 82 valence electrons. The number of nitrogens with zero attached hydrogens (tertiary/aromatic N) is 1. The molecule has 1 N–H and O–H groups in total. The van der Waals surface area contributed by atoms with E-state index in [1.807, 2.05) is 12.1 Å². The number of pyridine rings is 1. The van der Waals surface area contributed by atoms with Gasteiger partial charge in [-0.2, -0.15) is 0 Å². The summed E-state index contributed by atoms with van der Waals surface area (Å²) in [6, 6.07) is 4.00. The van der Waals surface area contributed by atoms with Crippen LogP contribution in [0.2, 0.25) is 0 Å². The van der Waals surface area contributed by atoms with Crippen molar-refractivity contribution >= 4 is 0 Å². The van der Waals surface area contributed by atoms with Crippen LogP contribution in [0.3, 0.4) is 0 Å². The number of aromatic nitrogens is 1. The van der Waals surface area contributed by atoms with Gasteiger partial charge in [-0.1, -0.05) is 12.8 Å². The first kappa shape index (κ1) is 10.4. The van der Waals surface area contributed by atoms with Crippen molar-refractivity contribution < 1.29 is 4.74 Å². The van der Waals surface area contributed by atoms with Crippen LogP contribution in [0.25, 0.3) is 0 Å². The maximum Gasteiger partial charge on any atom is 0.213 e. The molecule has 1 aliphatic rings. The third-order valence-corrected chi connectivity index (χ3v) is 2.76. The highest BCUT2D eigenvalue weighted by Gasteiger charge is 2.19. The quantitative estimate of drug-likeness (QED) is 0.723. The Morgan fingerprint density at radius 3 is 3.13 bits per heavy atom. The van der Waals surface area contributed by atoms with E-state index in [-0.39, 0.29) is 0 Å². The first-order chi connectivity index (χ1) is 7.38. The summed E-state index contributed by atoms with van der Waals surface area (Å²) < 4.78 is 5.07. The van der Waals surface area contributed by atoms with Gasteiger partial charge in [0.05, 0.1) is 7.11 Å². The molecule has 0 aromatic carbocycles. The van der Waals surface area contributed by atoms with Gasteiger partial charge in [-0.3, -0.25) is 0 Å². The van der Waals surface area contributed by atoms with Gasteiger partial charge in [-0.25, -0.2) is 4.98 Å². The molecule has 0 saturated heterocycles. The SMILES string of the molecule is COc1cc(CNCCC2CC2)ccn1. The number of hydrogen-bond donors (Lipinski definition) is 1. The minimum absolute atomic E-state index is 0.691. The van der Waals surface area contributed by atoms with E-state index in [0.29, 0.717) is 5.88 Å². The average Bonchev–Trinajstić information content (AvgIpc) is 3.09. The molecule has 1 aliphatic carbocycles. The predicted octanol–water partition coefficient (Wildman–Crippen LogP) is 1.98. The highest BCUT2D eigenvalue weighted by molar-refractivity contribution is 5.20. The zero-order valence-electron chi connectivity index (χ0n) is 9.20. The first-order valence-electron chi connectivity index (χ1n) is 5.58. The Kier molecular flexibility index (Phi) is 3.56. The molecule has 1 heterocycles. The van der Waals surface area contributed by atoms with Crippen molar-refractivity contribution in [3.63, 3.8) is 0 Å². The summed E-state index contributed by atoms with van der Waals surface area (Å²) in [5, 5.41) is 3.44. The minimum atomic E-state index is 0.691. The van der Waals surface area contributed by atoms with Gasteiger partial charge in [0.1, 0.15) is 0 Å². The van der Waals surface area contributed by atoms with Gasteiger partial charge in [0, 0.05) is 18.8 Å². The van der Waals surface area contributed by atoms with E-state index in [0.717, 1.165) is 19.0 Å². The zero-order valence-corrected chi connectivity index (χ0v) is 9.20. The second-order valence-electron chi connectivity index (χ2n) is 4.12. The third kappa shape index (κ3) is 3.51. The normalized spacial score (nSPS) is 15.3. The molecule has 1 aromatic rings. The third-order valence-electron chi connectivity index (χ3n) is 2.76. The molecule has 0 atom stereocenters. The molecule has 0 radical (unpaired) electrons. The molecule has 3 nitrogen and oxygen atoms in total. The van der Waals surface area contributed by atoms with Crippen molar-refractivity contribution in [3.8, 4) is 5.88 Å². The molecule has 2 rings (SSSR count). The molecular formula is C12H18N2O. The van der Waals surface area contributed by atoms with Crippen LogP contribution in [0.1, 0.15) is 24.8 Å². The fraction of sp³-hybridized carbons (Fsp3) is 0.583. The summed E-state index contributed by atoms with van der Waals surface area (Å²) in [7, 11) is 1.65. The van der Waals surface area contributed by atoms with E-state index in [9.17, 15) is 0 Å². The molecule has 0 spiro atoms. The van der Waals surface area contributed by atoms with Crippen LogP contribution >= 0.6 is 0 Å². The molecule has 1 fully saturated rings. The van der Waals surface area contributed by atoms with E-state index >= 15 is 0 Å². The Morgan fingerprint density at radius 2 is 2.40 bits per heavy atom. The second kappa shape index (κ2) is 5.12. The average molecular weight is 206 g/mol. The van der Waals surface area contributed by atoms with Gasteiger partial charge in [0.2, 0.25) is 5.88 Å². The highest BCUT2D eigenvalue weighted by Crippen LogP contribution is 2.31. The molecule has 0 unspecified atom stereocenters. The predicted molar refractivity (Wildman–Crippen MR) is 59.8 cm³/mol. The Balaban J connectivity index is 1.71. The van der Waals surface area contributed by atoms with Gasteiger partial charge in [-0.15, -0.1) is 0 Å². The van der Waals surface area contributed by atoms with Crippen molar-refractivity contribution in [1.29, 1.82) is 0 Å². The Labute approximate surface area is 90.9 Å². The molecule has 0 bridgehead atoms. The van der Waals surface area contributed by atoms with Crippen molar-refractivity contribution in [1.82, 2.24) is 10.3 Å². The van der Waals surface area contributed by atoms with E-state index in [2.05, 4.69) is 10.3 Å². The largest absolute Gasteiger partial charge is 0.481 e. The molecule has 0 amide bonds. The summed E-state index contributed by atoms with van der Waals surface area (Å²) in [5.41, 5.74) is 1.23. The second-order valence-corrected chi connectivity index (χ2v) is 4.12. The van der Waals surface area contributed by atoms with E-state index < -0.39 is 0 Å². The Morgan fingerprint density at radius 1 is 1.53 bits per heavy atom. The topological polar surface area (TPSA) is 34.1 Å². The zero-order chi connectivity index (χ0) is 10.5. The lowest BCUT2D eigenvalue weighted by Gasteiger charge is -2.05. The van der Waals surface area contributed by atoms with Crippen LogP contribution in [-0.4, -0.2) is 18.6 Å². The van der Waals surface area contributed by atoms with E-state index in [4.69, 9.17) is 4.74 Å². The van der Waals surface area contributed by atoms with Crippen molar-refractivity contribution in [2.45, 2.75) is 25.8 Å². The van der Waals surface area contributed by atoms with Gasteiger partial charge in [0.15, 0.2) is 0 Å². The number of methoxy groups -OCH3 is 1. The maximum atomic E-state index is 5.07. The van der Waals surface area contributed by atoms with Crippen LogP contribution in [0, 0.1) is 5.92 Å². The number of hydrogen-bond acceptors (Lipinski definition) is 3. The van der Waals surface area contributed by atoms with Crippen LogP contribution in [0.5, 0.6) is 5.88 Å². The van der Waals surface area contributed by atoms with Crippen LogP contribution in [0.4, 0.5) is 0 Å². The smallest absolute Gasteiger partial charge is 0.213 e. The van der Waals surface area contributed by atoms with Crippen molar-refractivity contribution in [2.75, 3.05) is 13.7 Å². The van der Waals surface area contributed by atoms with Gasteiger partial charge in [-0.05, 0) is 30.5 Å². The summed E-state index contributed by atoms with van der Waals surface area (Å²) >= 11 is 0. The number of nitrogens with one attached hydrogen (secondary N) is 1. The molecule has 0 aliphatic heterocycles. The van der Waals surface area contributed by atoms with E-state index in [1.165, 1.54) is 24.8 Å². The van der Waals surface area contributed by atoms with Gasteiger partial charge in [0.25, 0.3) is 0 Å². The number of ether oxygens (including phenoxy) is 1. The standard InChI is InChI=1S/C12H18N2O/c1-15-12-8-11(5-7-14-12)9-13-6-4-10-2-3-10/h5,7-8,10,13H,2-4,6,9H2,1H3. The molecule has 3 heteroatoms. The molecule has 15 heavy (non-hydrogen) atoms. The molecule has 1 saturated carbocycles. The molecular weight excluding hydrogens is 188 g/mol. The first-order valence-corrected chi connectivity index (χ1v) is 5.58. The van der Waals surface area contributed by atoms with Crippen LogP contribution < -0.4 is 10.1 Å². The maximum absolute atomic E-state index is 5.07. The van der Waals surface area contributed by atoms with E-state index in [1.54, 1.807) is 13.3 Å². The summed E-state index contributed by atoms with van der Waals surface area (Å²) in [6.45, 7) is 2.03. The lowest BCUT2D eigenvalue weighted by atomic mass is 10.2. The lowest BCUT2D eigenvalue weighted by Crippen LogP contribution is -2.15. The Bertz CT molecular complexity index is 310. The molecule has 1 aromatic heterocycles. The Hall–Kier alpha value is -1.09. The summed E-state index contributed by atoms with van der Waals surface area (Å²) in [4.78, 5) is 4.07. The summed E-state index contributed by atoms with van der Waals surface area (Å²) in [6.07, 6.45) is 5.98. The van der Waals surface area contributed by atoms with Crippen molar-refractivity contribution in [3.05, 3.63) is 23.9 Å². The fourth-order valence-electron chi connectivity index (χ4n) is 1.62. The van der Waals surface area contributed by atoms with Gasteiger partial charge < -0.3 is 10.1 Å². The minimum Gasteiger partial charge on any atom is -0.481 e. The van der Waals surface area contributed by atoms with Crippen LogP contribution in [0.15, 0.2) is 18.3 Å². The van der Waals surface area contributed by atoms with Gasteiger partial charge >= 0.3 is 0 Å². The highest BCUT2D eigenvalue weighted by atomic mass is 16.5. The number of rotatable bonds is 6. The fourth-order valence-corrected chi connectivity index (χ4v) is 1.62. The lowest BCUT2D eigenvalue weighted by molar-refractivity contribution is 0.397. The van der Waals surface area contributed by atoms with Crippen molar-refractivity contribution in [2.24, 2.45) is 5.92 Å². The monoisotopic (exact) mass is 206 g/mol.